The second-order valence-electron chi connectivity index (χ2n) is 16.7. The van der Waals surface area contributed by atoms with Gasteiger partial charge in [-0.1, -0.05) is 163 Å². The van der Waals surface area contributed by atoms with Gasteiger partial charge in [0, 0.05) is 13.0 Å². The Hall–Kier alpha value is -2.32. The summed E-state index contributed by atoms with van der Waals surface area (Å²) in [5, 5.41) is 0. The zero-order valence-electron chi connectivity index (χ0n) is 39.1. The van der Waals surface area contributed by atoms with Crippen molar-refractivity contribution in [3.05, 3.63) is 85.1 Å². The lowest BCUT2D eigenvalue weighted by Crippen LogP contribution is -2.37. The van der Waals surface area contributed by atoms with Crippen molar-refractivity contribution in [1.29, 1.82) is 0 Å². The molecule has 0 N–H and O–H groups in total. The Labute approximate surface area is 369 Å². The lowest BCUT2D eigenvalue weighted by Gasteiger charge is -2.28. The second kappa shape index (κ2) is 43.3. The summed E-state index contributed by atoms with van der Waals surface area (Å²) in [6, 6.07) is 0. The van der Waals surface area contributed by atoms with Crippen molar-refractivity contribution < 1.29 is 37.3 Å². The van der Waals surface area contributed by atoms with Gasteiger partial charge in [0.25, 0.3) is 7.82 Å². The highest BCUT2D eigenvalue weighted by atomic mass is 31.2. The highest BCUT2D eigenvalue weighted by Crippen LogP contribution is 2.38. The van der Waals surface area contributed by atoms with Crippen molar-refractivity contribution >= 4 is 13.8 Å². The van der Waals surface area contributed by atoms with Gasteiger partial charge >= 0.3 is 5.97 Å². The van der Waals surface area contributed by atoms with Crippen molar-refractivity contribution in [2.24, 2.45) is 0 Å². The number of unbranched alkanes of at least 4 members (excludes halogenated alkanes) is 15. The molecule has 60 heavy (non-hydrogen) atoms. The summed E-state index contributed by atoms with van der Waals surface area (Å²) >= 11 is 0. The van der Waals surface area contributed by atoms with Crippen LogP contribution in [-0.2, 0) is 27.9 Å². The molecule has 9 heteroatoms. The molecular formula is C51H90NO7P. The molecule has 0 rings (SSSR count). The molecule has 346 valence electrons. The Morgan fingerprint density at radius 3 is 1.47 bits per heavy atom. The van der Waals surface area contributed by atoms with Crippen molar-refractivity contribution in [2.75, 3.05) is 54.1 Å². The number of esters is 1. The molecule has 0 heterocycles. The average Bonchev–Trinajstić information content (AvgIpc) is 3.20. The summed E-state index contributed by atoms with van der Waals surface area (Å²) in [7, 11) is 1.33. The number of allylic oxidation sites excluding steroid dienone is 14. The molecule has 0 saturated heterocycles. The fourth-order valence-electron chi connectivity index (χ4n) is 6.01. The van der Waals surface area contributed by atoms with E-state index in [1.165, 1.54) is 70.6 Å². The fraction of sp³-hybridized carbons (Fsp3) is 0.706. The summed E-state index contributed by atoms with van der Waals surface area (Å²) in [6.07, 6.45) is 57.4. The number of nitrogens with zero attached hydrogens (tertiary/aromatic N) is 1. The number of phosphoric acid groups is 1. The van der Waals surface area contributed by atoms with Crippen molar-refractivity contribution in [2.45, 2.75) is 180 Å². The van der Waals surface area contributed by atoms with Crippen molar-refractivity contribution in [1.82, 2.24) is 0 Å². The molecule has 0 spiro atoms. The standard InChI is InChI=1S/C51H90NO7P/c1-6-8-10-12-14-16-18-20-21-22-23-24-25-26-27-28-29-30-31-32-34-36-38-40-42-44-51(53)59-50(49-58-60(54,55)57-47-45-52(3,4)5)48-56-46-43-41-39-37-35-33-19-17-15-13-11-9-7-2/h8,10,14-17,20-21,23-24,26-27,29-30,50H,6-7,9,11-13,18-19,22,25,28,31-49H2,1-5H3/b10-8-,16-14-,17-15-,21-20-,24-23-,27-26-,30-29-. The first kappa shape index (κ1) is 57.7. The van der Waals surface area contributed by atoms with Gasteiger partial charge in [-0.2, -0.15) is 0 Å². The number of phosphoric ester groups is 1. The van der Waals surface area contributed by atoms with Crippen LogP contribution in [0.4, 0.5) is 0 Å². The largest absolute Gasteiger partial charge is 0.756 e. The summed E-state index contributed by atoms with van der Waals surface area (Å²) in [4.78, 5) is 25.1. The van der Waals surface area contributed by atoms with Crippen LogP contribution in [-0.4, -0.2) is 70.7 Å². The molecule has 0 fully saturated rings. The second-order valence-corrected chi connectivity index (χ2v) is 18.1. The topological polar surface area (TPSA) is 94.1 Å². The minimum atomic E-state index is -4.54. The Kier molecular flexibility index (Phi) is 41.7. The molecule has 0 amide bonds. The number of ether oxygens (including phenoxy) is 2. The average molecular weight is 860 g/mol. The number of rotatable bonds is 43. The maximum Gasteiger partial charge on any atom is 0.306 e. The molecule has 2 atom stereocenters. The van der Waals surface area contributed by atoms with E-state index in [0.717, 1.165) is 83.5 Å². The van der Waals surface area contributed by atoms with Gasteiger partial charge in [-0.25, -0.2) is 0 Å². The van der Waals surface area contributed by atoms with Crippen LogP contribution in [0.3, 0.4) is 0 Å². The molecule has 0 aromatic heterocycles. The monoisotopic (exact) mass is 860 g/mol. The Morgan fingerprint density at radius 2 is 0.967 bits per heavy atom. The molecule has 0 saturated carbocycles. The minimum absolute atomic E-state index is 0.0173. The molecule has 8 nitrogen and oxygen atoms in total. The molecule has 0 aliphatic carbocycles. The van der Waals surface area contributed by atoms with E-state index in [1.54, 1.807) is 0 Å². The third-order valence-electron chi connectivity index (χ3n) is 9.68. The molecule has 0 bridgehead atoms. The van der Waals surface area contributed by atoms with Crippen LogP contribution in [0.2, 0.25) is 0 Å². The van der Waals surface area contributed by atoms with Crippen LogP contribution < -0.4 is 4.89 Å². The third kappa shape index (κ3) is 46.7. The van der Waals surface area contributed by atoms with E-state index in [2.05, 4.69) is 98.9 Å². The van der Waals surface area contributed by atoms with Crippen LogP contribution in [0.1, 0.15) is 174 Å². The van der Waals surface area contributed by atoms with E-state index in [0.29, 0.717) is 24.1 Å². The Bertz CT molecular complexity index is 1230. The highest BCUT2D eigenvalue weighted by Gasteiger charge is 2.20. The normalized spacial score (nSPS) is 14.4. The first-order valence-corrected chi connectivity index (χ1v) is 25.3. The molecule has 0 aromatic rings. The van der Waals surface area contributed by atoms with E-state index in [-0.39, 0.29) is 25.8 Å². The number of carbonyl (C=O) groups is 1. The van der Waals surface area contributed by atoms with E-state index >= 15 is 0 Å². The first-order chi connectivity index (χ1) is 29.1. The maximum atomic E-state index is 12.7. The van der Waals surface area contributed by atoms with E-state index in [1.807, 2.05) is 21.1 Å². The van der Waals surface area contributed by atoms with Gasteiger partial charge in [0.15, 0.2) is 0 Å². The van der Waals surface area contributed by atoms with Gasteiger partial charge in [0.1, 0.15) is 19.3 Å². The predicted octanol–water partition coefficient (Wildman–Crippen LogP) is 13.8. The summed E-state index contributed by atoms with van der Waals surface area (Å²) in [5.74, 6) is -0.354. The lowest BCUT2D eigenvalue weighted by molar-refractivity contribution is -0.870. The van der Waals surface area contributed by atoms with Gasteiger partial charge < -0.3 is 27.9 Å². The lowest BCUT2D eigenvalue weighted by atomic mass is 10.1. The predicted molar refractivity (Wildman–Crippen MR) is 254 cm³/mol. The van der Waals surface area contributed by atoms with Crippen LogP contribution in [0.15, 0.2) is 85.1 Å². The molecule has 2 unspecified atom stereocenters. The molecule has 0 aliphatic heterocycles. The van der Waals surface area contributed by atoms with Gasteiger partial charge in [-0.05, 0) is 89.9 Å². The SMILES string of the molecule is CC/C=C\C/C=C\C/C=C\C/C=C\C/C=C\C/C=C\CCCCCCCCC(=O)OC(COCCCCCCCC/C=C\CCCCC)COP(=O)([O-])OCC[N+](C)(C)C. The molecule has 0 radical (unpaired) electrons. The Morgan fingerprint density at radius 1 is 0.533 bits per heavy atom. The van der Waals surface area contributed by atoms with Gasteiger partial charge in [0.05, 0.1) is 34.4 Å². The number of carbonyl (C=O) groups excluding carboxylic acids is 1. The zero-order chi connectivity index (χ0) is 44.1. The molecular weight excluding hydrogens is 770 g/mol. The quantitative estimate of drug-likeness (QED) is 0.0198. The summed E-state index contributed by atoms with van der Waals surface area (Å²) in [5.41, 5.74) is 0. The fourth-order valence-corrected chi connectivity index (χ4v) is 6.74. The van der Waals surface area contributed by atoms with E-state index in [4.69, 9.17) is 18.5 Å². The van der Waals surface area contributed by atoms with Gasteiger partial charge in [0.2, 0.25) is 0 Å². The van der Waals surface area contributed by atoms with Crippen LogP contribution in [0, 0.1) is 0 Å². The van der Waals surface area contributed by atoms with Gasteiger partial charge in [-0.15, -0.1) is 0 Å². The zero-order valence-corrected chi connectivity index (χ0v) is 40.0. The molecule has 0 aliphatic rings. The van der Waals surface area contributed by atoms with Crippen molar-refractivity contribution in [3.8, 4) is 0 Å². The van der Waals surface area contributed by atoms with Crippen molar-refractivity contribution in [3.63, 3.8) is 0 Å². The number of likely N-dealkylation sites (N-methyl/N-ethyl adjacent to an activating group) is 1. The number of hydrogen-bond acceptors (Lipinski definition) is 7. The van der Waals surface area contributed by atoms with Crippen LogP contribution in [0.25, 0.3) is 0 Å². The smallest absolute Gasteiger partial charge is 0.306 e. The maximum absolute atomic E-state index is 12.7. The summed E-state index contributed by atoms with van der Waals surface area (Å²) in [6.45, 7) is 5.22. The third-order valence-corrected chi connectivity index (χ3v) is 10.6. The number of hydrogen-bond donors (Lipinski definition) is 0. The minimum Gasteiger partial charge on any atom is -0.756 e. The highest BCUT2D eigenvalue weighted by molar-refractivity contribution is 7.45. The van der Waals surface area contributed by atoms with E-state index in [9.17, 15) is 14.3 Å². The first-order valence-electron chi connectivity index (χ1n) is 23.8. The van der Waals surface area contributed by atoms with E-state index < -0.39 is 13.9 Å². The number of quaternary nitrogens is 1. The molecule has 0 aromatic carbocycles. The summed E-state index contributed by atoms with van der Waals surface area (Å²) < 4.78 is 34.6. The van der Waals surface area contributed by atoms with Crippen LogP contribution >= 0.6 is 7.82 Å². The van der Waals surface area contributed by atoms with Gasteiger partial charge in [-0.3, -0.25) is 9.36 Å². The van der Waals surface area contributed by atoms with Crippen LogP contribution in [0.5, 0.6) is 0 Å². The Balaban J connectivity index is 4.22.